The van der Waals surface area contributed by atoms with E-state index in [0.717, 1.165) is 6.42 Å². The van der Waals surface area contributed by atoms with Crippen molar-refractivity contribution in [2.24, 2.45) is 5.73 Å². The van der Waals surface area contributed by atoms with Gasteiger partial charge in [-0.25, -0.2) is 0 Å². The van der Waals surface area contributed by atoms with E-state index in [2.05, 4.69) is 5.32 Å². The number of nitrogens with one attached hydrogen (secondary N) is 1. The van der Waals surface area contributed by atoms with Crippen LogP contribution in [-0.4, -0.2) is 43.2 Å². The molecule has 2 aliphatic heterocycles. The number of ether oxygens (including phenoxy) is 1. The molecule has 2 aliphatic rings. The SMILES string of the molecule is NC[C@H]1CC[C@@H](C(=O)NC2CCN(c3ccccc3Cl)C2=O)O1. The predicted octanol–water partition coefficient (Wildman–Crippen LogP) is 1.07. The Kier molecular flexibility index (Phi) is 4.84. The number of halogens is 1. The maximum atomic E-state index is 12.5. The molecule has 2 saturated heterocycles. The molecule has 6 nitrogen and oxygen atoms in total. The zero-order valence-electron chi connectivity index (χ0n) is 12.7. The van der Waals surface area contributed by atoms with Gasteiger partial charge in [-0.05, 0) is 31.4 Å². The Balaban J connectivity index is 1.61. The molecule has 3 atom stereocenters. The molecule has 3 N–H and O–H groups in total. The molecule has 0 bridgehead atoms. The predicted molar refractivity (Wildman–Crippen MR) is 87.3 cm³/mol. The summed E-state index contributed by atoms with van der Waals surface area (Å²) in [5, 5.41) is 3.32. The Morgan fingerprint density at radius 3 is 2.83 bits per heavy atom. The second kappa shape index (κ2) is 6.86. The Labute approximate surface area is 139 Å². The number of rotatable bonds is 4. The largest absolute Gasteiger partial charge is 0.364 e. The Hall–Kier alpha value is -1.63. The summed E-state index contributed by atoms with van der Waals surface area (Å²) in [6.07, 6.45) is 1.40. The maximum Gasteiger partial charge on any atom is 0.249 e. The van der Waals surface area contributed by atoms with E-state index in [9.17, 15) is 9.59 Å². The van der Waals surface area contributed by atoms with Gasteiger partial charge in [0.15, 0.2) is 0 Å². The Bertz CT molecular complexity index is 610. The third-order valence-corrected chi connectivity index (χ3v) is 4.65. The molecular formula is C16H20ClN3O3. The van der Waals surface area contributed by atoms with E-state index in [1.807, 2.05) is 12.1 Å². The van der Waals surface area contributed by atoms with E-state index in [4.69, 9.17) is 22.1 Å². The van der Waals surface area contributed by atoms with Crippen LogP contribution in [0.5, 0.6) is 0 Å². The van der Waals surface area contributed by atoms with Gasteiger partial charge in [-0.15, -0.1) is 0 Å². The highest BCUT2D eigenvalue weighted by Gasteiger charge is 2.37. The average molecular weight is 338 g/mol. The molecule has 2 amide bonds. The number of carbonyl (C=O) groups excluding carboxylic acids is 2. The average Bonchev–Trinajstić information content (AvgIpc) is 3.16. The molecular weight excluding hydrogens is 318 g/mol. The lowest BCUT2D eigenvalue weighted by atomic mass is 10.1. The lowest BCUT2D eigenvalue weighted by Crippen LogP contribution is -2.45. The summed E-state index contributed by atoms with van der Waals surface area (Å²) in [7, 11) is 0. The molecule has 3 rings (SSSR count). The summed E-state index contributed by atoms with van der Waals surface area (Å²) in [5.41, 5.74) is 6.23. The number of hydrogen-bond donors (Lipinski definition) is 2. The fraction of sp³-hybridized carbons (Fsp3) is 0.500. The zero-order chi connectivity index (χ0) is 16.4. The second-order valence-electron chi connectivity index (χ2n) is 5.85. The lowest BCUT2D eigenvalue weighted by Gasteiger charge is -2.19. The van der Waals surface area contributed by atoms with E-state index in [-0.39, 0.29) is 17.9 Å². The van der Waals surface area contributed by atoms with Gasteiger partial charge < -0.3 is 20.7 Å². The Morgan fingerprint density at radius 2 is 2.13 bits per heavy atom. The minimum absolute atomic E-state index is 0.0651. The number of para-hydroxylation sites is 1. The number of amides is 2. The Morgan fingerprint density at radius 1 is 1.35 bits per heavy atom. The highest BCUT2D eigenvalue weighted by atomic mass is 35.5. The van der Waals surface area contributed by atoms with Crippen LogP contribution in [0.25, 0.3) is 0 Å². The summed E-state index contributed by atoms with van der Waals surface area (Å²) in [6, 6.07) is 6.67. The summed E-state index contributed by atoms with van der Waals surface area (Å²) in [6.45, 7) is 0.941. The highest BCUT2D eigenvalue weighted by molar-refractivity contribution is 6.34. The van der Waals surface area contributed by atoms with Crippen LogP contribution in [0.15, 0.2) is 24.3 Å². The van der Waals surface area contributed by atoms with Gasteiger partial charge in [-0.3, -0.25) is 9.59 Å². The van der Waals surface area contributed by atoms with Crippen LogP contribution in [0.4, 0.5) is 5.69 Å². The van der Waals surface area contributed by atoms with Crippen molar-refractivity contribution in [2.75, 3.05) is 18.0 Å². The molecule has 0 radical (unpaired) electrons. The molecule has 2 heterocycles. The highest BCUT2D eigenvalue weighted by Crippen LogP contribution is 2.29. The first-order valence-corrected chi connectivity index (χ1v) is 8.19. The van der Waals surface area contributed by atoms with Crippen molar-refractivity contribution >= 4 is 29.1 Å². The normalized spacial score (nSPS) is 27.5. The van der Waals surface area contributed by atoms with Crippen molar-refractivity contribution < 1.29 is 14.3 Å². The second-order valence-corrected chi connectivity index (χ2v) is 6.26. The van der Waals surface area contributed by atoms with Crippen LogP contribution in [-0.2, 0) is 14.3 Å². The maximum absolute atomic E-state index is 12.5. The fourth-order valence-corrected chi connectivity index (χ4v) is 3.30. The van der Waals surface area contributed by atoms with E-state index < -0.39 is 12.1 Å². The molecule has 23 heavy (non-hydrogen) atoms. The van der Waals surface area contributed by atoms with E-state index in [0.29, 0.717) is 36.6 Å². The van der Waals surface area contributed by atoms with Crippen LogP contribution >= 0.6 is 11.6 Å². The van der Waals surface area contributed by atoms with Crippen molar-refractivity contribution in [3.63, 3.8) is 0 Å². The topological polar surface area (TPSA) is 84.7 Å². The molecule has 0 aliphatic carbocycles. The molecule has 1 aromatic rings. The third kappa shape index (κ3) is 3.34. The number of carbonyl (C=O) groups is 2. The van der Waals surface area contributed by atoms with Crippen molar-refractivity contribution in [1.29, 1.82) is 0 Å². The first-order valence-electron chi connectivity index (χ1n) is 7.82. The van der Waals surface area contributed by atoms with E-state index in [1.165, 1.54) is 0 Å². The van der Waals surface area contributed by atoms with Crippen LogP contribution in [0.1, 0.15) is 19.3 Å². The van der Waals surface area contributed by atoms with Gasteiger partial charge in [0, 0.05) is 13.1 Å². The summed E-state index contributed by atoms with van der Waals surface area (Å²) >= 11 is 6.15. The molecule has 7 heteroatoms. The molecule has 0 saturated carbocycles. The van der Waals surface area contributed by atoms with Gasteiger partial charge in [0.05, 0.1) is 16.8 Å². The van der Waals surface area contributed by atoms with Crippen LogP contribution in [0.3, 0.4) is 0 Å². The van der Waals surface area contributed by atoms with Crippen molar-refractivity contribution in [3.8, 4) is 0 Å². The van der Waals surface area contributed by atoms with Crippen LogP contribution < -0.4 is 16.0 Å². The van der Waals surface area contributed by atoms with E-state index >= 15 is 0 Å². The van der Waals surface area contributed by atoms with Gasteiger partial charge in [-0.2, -0.15) is 0 Å². The first kappa shape index (κ1) is 16.2. The number of anilines is 1. The quantitative estimate of drug-likeness (QED) is 0.860. The smallest absolute Gasteiger partial charge is 0.249 e. The fourth-order valence-electron chi connectivity index (χ4n) is 3.06. The zero-order valence-corrected chi connectivity index (χ0v) is 13.5. The number of nitrogens with two attached hydrogens (primary N) is 1. The van der Waals surface area contributed by atoms with Crippen LogP contribution in [0.2, 0.25) is 5.02 Å². The van der Waals surface area contributed by atoms with Gasteiger partial charge in [-0.1, -0.05) is 23.7 Å². The summed E-state index contributed by atoms with van der Waals surface area (Å²) < 4.78 is 5.57. The van der Waals surface area contributed by atoms with Crippen molar-refractivity contribution in [3.05, 3.63) is 29.3 Å². The molecule has 2 fully saturated rings. The van der Waals surface area contributed by atoms with Crippen molar-refractivity contribution in [2.45, 2.75) is 37.5 Å². The van der Waals surface area contributed by atoms with Crippen molar-refractivity contribution in [1.82, 2.24) is 5.32 Å². The summed E-state index contributed by atoms with van der Waals surface area (Å²) in [4.78, 5) is 26.4. The minimum atomic E-state index is -0.528. The van der Waals surface area contributed by atoms with E-state index in [1.54, 1.807) is 17.0 Å². The van der Waals surface area contributed by atoms with Crippen LogP contribution in [0, 0.1) is 0 Å². The molecule has 0 spiro atoms. The standard InChI is InChI=1S/C16H20ClN3O3/c17-11-3-1-2-4-13(11)20-8-7-12(16(20)22)19-15(21)14-6-5-10(9-18)23-14/h1-4,10,12,14H,5-9,18H2,(H,19,21)/t10-,12?,14+/m1/s1. The lowest BCUT2D eigenvalue weighted by molar-refractivity contribution is -0.134. The van der Waals surface area contributed by atoms with Gasteiger partial charge in [0.1, 0.15) is 12.1 Å². The van der Waals surface area contributed by atoms with Gasteiger partial charge >= 0.3 is 0 Å². The summed E-state index contributed by atoms with van der Waals surface area (Å²) in [5.74, 6) is -0.375. The number of benzene rings is 1. The van der Waals surface area contributed by atoms with Gasteiger partial charge in [0.25, 0.3) is 0 Å². The number of nitrogens with zero attached hydrogens (tertiary/aromatic N) is 1. The monoisotopic (exact) mass is 337 g/mol. The first-order chi connectivity index (χ1) is 11.1. The molecule has 124 valence electrons. The molecule has 0 aromatic heterocycles. The third-order valence-electron chi connectivity index (χ3n) is 4.33. The number of hydrogen-bond acceptors (Lipinski definition) is 4. The minimum Gasteiger partial charge on any atom is -0.364 e. The molecule has 1 aromatic carbocycles. The molecule has 1 unspecified atom stereocenters. The van der Waals surface area contributed by atoms with Gasteiger partial charge in [0.2, 0.25) is 11.8 Å².